The Morgan fingerprint density at radius 3 is 2.24 bits per heavy atom. The van der Waals surface area contributed by atoms with E-state index in [2.05, 4.69) is 42.6 Å². The molecule has 0 amide bonds. The van der Waals surface area contributed by atoms with E-state index in [0.29, 0.717) is 0 Å². The number of unbranched alkanes of at least 4 members (excludes halogenated alkanes) is 6. The molecular formula is C19H29N2. The first-order valence-corrected chi connectivity index (χ1v) is 8.76. The number of benzene rings is 1. The summed E-state index contributed by atoms with van der Waals surface area (Å²) in [5, 5.41) is 4.45. The van der Waals surface area contributed by atoms with E-state index in [1.165, 1.54) is 74.6 Å². The third kappa shape index (κ3) is 4.59. The fourth-order valence-corrected chi connectivity index (χ4v) is 3.01. The Hall–Kier alpha value is -1.31. The van der Waals surface area contributed by atoms with Crippen LogP contribution < -0.4 is 5.43 Å². The number of nitrogens with zero attached hydrogens (tertiary/aromatic N) is 2. The fourth-order valence-electron chi connectivity index (χ4n) is 3.01. The molecule has 1 aromatic carbocycles. The van der Waals surface area contributed by atoms with Gasteiger partial charge in [-0.15, -0.1) is 0 Å². The first kappa shape index (κ1) is 16.1. The second kappa shape index (κ2) is 8.86. The molecule has 1 aliphatic rings. The molecule has 0 saturated carbocycles. The van der Waals surface area contributed by atoms with Crippen molar-refractivity contribution in [2.45, 2.75) is 78.1 Å². The average Bonchev–Trinajstić information content (AvgIpc) is 2.92. The van der Waals surface area contributed by atoms with Crippen LogP contribution in [0.25, 0.3) is 0 Å². The van der Waals surface area contributed by atoms with Gasteiger partial charge in [-0.2, -0.15) is 10.5 Å². The van der Waals surface area contributed by atoms with Gasteiger partial charge < -0.3 is 0 Å². The maximum atomic E-state index is 4.45. The summed E-state index contributed by atoms with van der Waals surface area (Å²) in [5.41, 5.74) is 9.50. The van der Waals surface area contributed by atoms with E-state index in [-0.39, 0.29) is 0 Å². The first-order valence-electron chi connectivity index (χ1n) is 8.76. The van der Waals surface area contributed by atoms with E-state index in [4.69, 9.17) is 0 Å². The van der Waals surface area contributed by atoms with E-state index in [1.807, 2.05) is 0 Å². The summed E-state index contributed by atoms with van der Waals surface area (Å²) in [6.07, 6.45) is 12.7. The highest BCUT2D eigenvalue weighted by molar-refractivity contribution is 6.07. The SMILES string of the molecule is CCCCCCC1=N[N]c2cccc(CCCCCC)c21. The summed E-state index contributed by atoms with van der Waals surface area (Å²) in [4.78, 5) is 0. The normalized spacial score (nSPS) is 13.0. The van der Waals surface area contributed by atoms with Crippen molar-refractivity contribution in [3.63, 3.8) is 0 Å². The topological polar surface area (TPSA) is 26.5 Å². The van der Waals surface area contributed by atoms with E-state index in [0.717, 1.165) is 12.1 Å². The average molecular weight is 285 g/mol. The van der Waals surface area contributed by atoms with Crippen LogP contribution in [-0.2, 0) is 6.42 Å². The highest BCUT2D eigenvalue weighted by Crippen LogP contribution is 2.29. The maximum absolute atomic E-state index is 4.45. The lowest BCUT2D eigenvalue weighted by atomic mass is 9.94. The van der Waals surface area contributed by atoms with Gasteiger partial charge in [0.25, 0.3) is 0 Å². The smallest absolute Gasteiger partial charge is 0.0950 e. The van der Waals surface area contributed by atoms with Crippen LogP contribution in [-0.4, -0.2) is 5.71 Å². The predicted molar refractivity (Wildman–Crippen MR) is 91.4 cm³/mol. The molecule has 2 rings (SSSR count). The quantitative estimate of drug-likeness (QED) is 0.491. The van der Waals surface area contributed by atoms with Crippen LogP contribution in [0.2, 0.25) is 0 Å². The third-order valence-electron chi connectivity index (χ3n) is 4.26. The van der Waals surface area contributed by atoms with Crippen molar-refractivity contribution in [2.75, 3.05) is 0 Å². The maximum Gasteiger partial charge on any atom is 0.0950 e. The molecule has 1 aromatic rings. The van der Waals surface area contributed by atoms with Gasteiger partial charge in [0.05, 0.1) is 11.4 Å². The minimum atomic E-state index is 1.09. The Morgan fingerprint density at radius 2 is 1.52 bits per heavy atom. The second-order valence-corrected chi connectivity index (χ2v) is 6.08. The van der Waals surface area contributed by atoms with E-state index < -0.39 is 0 Å². The molecule has 115 valence electrons. The van der Waals surface area contributed by atoms with E-state index in [9.17, 15) is 0 Å². The highest BCUT2D eigenvalue weighted by atomic mass is 15.3. The Labute approximate surface area is 130 Å². The second-order valence-electron chi connectivity index (χ2n) is 6.08. The van der Waals surface area contributed by atoms with Crippen molar-refractivity contribution in [1.82, 2.24) is 5.43 Å². The molecule has 2 nitrogen and oxygen atoms in total. The van der Waals surface area contributed by atoms with Gasteiger partial charge in [-0.1, -0.05) is 64.5 Å². The summed E-state index contributed by atoms with van der Waals surface area (Å²) < 4.78 is 0. The summed E-state index contributed by atoms with van der Waals surface area (Å²) in [7, 11) is 0. The molecule has 0 atom stereocenters. The molecule has 0 N–H and O–H groups in total. The summed E-state index contributed by atoms with van der Waals surface area (Å²) in [6.45, 7) is 4.52. The van der Waals surface area contributed by atoms with Crippen molar-refractivity contribution in [3.05, 3.63) is 29.3 Å². The lowest BCUT2D eigenvalue weighted by Gasteiger charge is -2.09. The number of hydrogen-bond acceptors (Lipinski definition) is 1. The van der Waals surface area contributed by atoms with Crippen LogP contribution in [0.1, 0.15) is 82.8 Å². The van der Waals surface area contributed by atoms with Crippen LogP contribution in [0.3, 0.4) is 0 Å². The largest absolute Gasteiger partial charge is 0.154 e. The molecule has 0 bridgehead atoms. The molecule has 1 heterocycles. The Bertz CT molecular complexity index is 463. The molecule has 0 aliphatic carbocycles. The first-order chi connectivity index (χ1) is 10.4. The van der Waals surface area contributed by atoms with Gasteiger partial charge in [0.15, 0.2) is 0 Å². The Balaban J connectivity index is 1.95. The van der Waals surface area contributed by atoms with Gasteiger partial charge >= 0.3 is 0 Å². The van der Waals surface area contributed by atoms with Gasteiger partial charge in [-0.25, -0.2) is 0 Å². The number of fused-ring (bicyclic) bond motifs is 1. The van der Waals surface area contributed by atoms with Gasteiger partial charge in [-0.3, -0.25) is 0 Å². The lowest BCUT2D eigenvalue weighted by Crippen LogP contribution is -2.02. The molecule has 21 heavy (non-hydrogen) atoms. The molecule has 0 unspecified atom stereocenters. The summed E-state index contributed by atoms with van der Waals surface area (Å²) >= 11 is 0. The Kier molecular flexibility index (Phi) is 6.78. The molecule has 2 heteroatoms. The zero-order valence-corrected chi connectivity index (χ0v) is 13.7. The van der Waals surface area contributed by atoms with Crippen LogP contribution in [0.15, 0.2) is 23.3 Å². The minimum Gasteiger partial charge on any atom is -0.154 e. The van der Waals surface area contributed by atoms with E-state index >= 15 is 0 Å². The van der Waals surface area contributed by atoms with E-state index in [1.54, 1.807) is 0 Å². The zero-order chi connectivity index (χ0) is 14.9. The van der Waals surface area contributed by atoms with Gasteiger partial charge in [0, 0.05) is 5.56 Å². The fraction of sp³-hybridized carbons (Fsp3) is 0.632. The molecule has 0 spiro atoms. The van der Waals surface area contributed by atoms with Gasteiger partial charge in [0.2, 0.25) is 0 Å². The number of aryl methyl sites for hydroxylation is 1. The Morgan fingerprint density at radius 1 is 0.810 bits per heavy atom. The number of hydrogen-bond donors (Lipinski definition) is 0. The minimum absolute atomic E-state index is 1.09. The lowest BCUT2D eigenvalue weighted by molar-refractivity contribution is 0.666. The molecular weight excluding hydrogens is 256 g/mol. The summed E-state index contributed by atoms with van der Waals surface area (Å²) in [5.74, 6) is 0. The van der Waals surface area contributed by atoms with Crippen LogP contribution in [0.4, 0.5) is 5.69 Å². The highest BCUT2D eigenvalue weighted by Gasteiger charge is 2.20. The molecule has 1 aliphatic heterocycles. The third-order valence-corrected chi connectivity index (χ3v) is 4.26. The molecule has 1 radical (unpaired) electrons. The summed E-state index contributed by atoms with van der Waals surface area (Å²) in [6, 6.07) is 6.51. The van der Waals surface area contributed by atoms with Crippen molar-refractivity contribution in [3.8, 4) is 0 Å². The standard InChI is InChI=1S/C19H29N2/c1-3-5-7-9-12-16-13-11-15-18-19(16)17(20-21-18)14-10-8-6-4-2/h11,13,15H,3-10,12,14H2,1-2H3. The van der Waals surface area contributed by atoms with Crippen LogP contribution in [0, 0.1) is 0 Å². The monoisotopic (exact) mass is 285 g/mol. The predicted octanol–water partition coefficient (Wildman–Crippen LogP) is 5.73. The van der Waals surface area contributed by atoms with Crippen LogP contribution in [0.5, 0.6) is 0 Å². The molecule has 0 fully saturated rings. The molecule has 0 saturated heterocycles. The van der Waals surface area contributed by atoms with Gasteiger partial charge in [0.1, 0.15) is 0 Å². The number of rotatable bonds is 10. The zero-order valence-electron chi connectivity index (χ0n) is 13.7. The van der Waals surface area contributed by atoms with Crippen molar-refractivity contribution in [1.29, 1.82) is 0 Å². The van der Waals surface area contributed by atoms with Crippen molar-refractivity contribution in [2.24, 2.45) is 5.10 Å². The van der Waals surface area contributed by atoms with Crippen LogP contribution >= 0.6 is 0 Å². The molecule has 0 aromatic heterocycles. The van der Waals surface area contributed by atoms with Crippen molar-refractivity contribution < 1.29 is 0 Å². The van der Waals surface area contributed by atoms with Gasteiger partial charge in [-0.05, 0) is 37.3 Å². The van der Waals surface area contributed by atoms with Crippen molar-refractivity contribution >= 4 is 11.4 Å².